The van der Waals surface area contributed by atoms with Crippen LogP contribution < -0.4 is 5.73 Å². The van der Waals surface area contributed by atoms with Crippen molar-refractivity contribution < 1.29 is 22.6 Å². The van der Waals surface area contributed by atoms with Crippen molar-refractivity contribution in [2.45, 2.75) is 37.6 Å². The maximum absolute atomic E-state index is 12.4. The monoisotopic (exact) mass is 241 g/mol. The molecule has 0 unspecified atom stereocenters. The summed E-state index contributed by atoms with van der Waals surface area (Å²) in [7, 11) is 1.55. The molecule has 1 aliphatic carbocycles. The Morgan fingerprint density at radius 1 is 1.25 bits per heavy atom. The summed E-state index contributed by atoms with van der Waals surface area (Å²) < 4.78 is 47.5. The van der Waals surface area contributed by atoms with Gasteiger partial charge in [0.15, 0.2) is 0 Å². The average molecular weight is 241 g/mol. The van der Waals surface area contributed by atoms with E-state index >= 15 is 0 Å². The lowest BCUT2D eigenvalue weighted by Crippen LogP contribution is -2.45. The van der Waals surface area contributed by atoms with E-state index in [0.717, 1.165) is 0 Å². The molecule has 1 rings (SSSR count). The Hall–Kier alpha value is -0.330. The van der Waals surface area contributed by atoms with Crippen LogP contribution in [0.2, 0.25) is 0 Å². The minimum Gasteiger partial charge on any atom is -0.382 e. The minimum atomic E-state index is -4.13. The molecule has 0 aliphatic heterocycles. The fraction of sp³-hybridized carbons (Fsp3) is 1.00. The van der Waals surface area contributed by atoms with E-state index < -0.39 is 18.1 Å². The molecule has 2 N–H and O–H groups in total. The maximum Gasteiger partial charge on any atom is 0.391 e. The van der Waals surface area contributed by atoms with Crippen molar-refractivity contribution in [2.24, 2.45) is 11.7 Å². The summed E-state index contributed by atoms with van der Waals surface area (Å²) in [5.74, 6) is -1.27. The molecule has 3 nitrogen and oxygen atoms in total. The second kappa shape index (κ2) is 5.84. The lowest BCUT2D eigenvalue weighted by molar-refractivity contribution is -0.190. The molecule has 0 amide bonds. The summed E-state index contributed by atoms with van der Waals surface area (Å²) in [6.07, 6.45) is -3.96. The molecule has 3 atom stereocenters. The smallest absolute Gasteiger partial charge is 0.382 e. The van der Waals surface area contributed by atoms with E-state index in [2.05, 4.69) is 0 Å². The fourth-order valence-electron chi connectivity index (χ4n) is 1.96. The maximum atomic E-state index is 12.4. The Kier molecular flexibility index (Phi) is 5.01. The van der Waals surface area contributed by atoms with Crippen LogP contribution >= 0.6 is 0 Å². The van der Waals surface area contributed by atoms with E-state index in [4.69, 9.17) is 15.2 Å². The second-order valence-corrected chi connectivity index (χ2v) is 4.12. The number of methoxy groups -OCH3 is 1. The number of hydrogen-bond acceptors (Lipinski definition) is 3. The molecule has 6 heteroatoms. The van der Waals surface area contributed by atoms with Gasteiger partial charge in [-0.3, -0.25) is 0 Å². The molecule has 96 valence electrons. The average Bonchev–Trinajstić information content (AvgIpc) is 2.19. The van der Waals surface area contributed by atoms with Crippen LogP contribution in [0.5, 0.6) is 0 Å². The number of alkyl halides is 3. The predicted molar refractivity (Wildman–Crippen MR) is 53.0 cm³/mol. The van der Waals surface area contributed by atoms with Gasteiger partial charge in [0.1, 0.15) is 0 Å². The predicted octanol–water partition coefficient (Wildman–Crippen LogP) is 1.71. The molecule has 0 aromatic carbocycles. The number of rotatable bonds is 4. The van der Waals surface area contributed by atoms with Crippen LogP contribution in [0.1, 0.15) is 19.3 Å². The third-order valence-corrected chi connectivity index (χ3v) is 2.92. The van der Waals surface area contributed by atoms with Crippen molar-refractivity contribution in [2.75, 3.05) is 20.3 Å². The first kappa shape index (κ1) is 13.7. The number of ether oxygens (including phenoxy) is 2. The Balaban J connectivity index is 2.34. The Bertz CT molecular complexity index is 211. The first-order valence-corrected chi connectivity index (χ1v) is 5.38. The Morgan fingerprint density at radius 3 is 2.44 bits per heavy atom. The molecule has 0 bridgehead atoms. The largest absolute Gasteiger partial charge is 0.391 e. The molecule has 1 aliphatic rings. The SMILES string of the molecule is COCCO[C@H]1CC[C@H](C(F)(F)F)C[C@@H]1N. The zero-order chi connectivity index (χ0) is 12.2. The van der Waals surface area contributed by atoms with Crippen LogP contribution in [0.15, 0.2) is 0 Å². The van der Waals surface area contributed by atoms with Gasteiger partial charge in [0, 0.05) is 13.2 Å². The van der Waals surface area contributed by atoms with Crippen molar-refractivity contribution >= 4 is 0 Å². The van der Waals surface area contributed by atoms with Crippen LogP contribution in [-0.4, -0.2) is 38.6 Å². The second-order valence-electron chi connectivity index (χ2n) is 4.12. The first-order valence-electron chi connectivity index (χ1n) is 5.38. The summed E-state index contributed by atoms with van der Waals surface area (Å²) in [6.45, 7) is 0.817. The van der Waals surface area contributed by atoms with E-state index in [0.29, 0.717) is 19.6 Å². The molecule has 1 fully saturated rings. The van der Waals surface area contributed by atoms with Crippen LogP contribution in [0.25, 0.3) is 0 Å². The van der Waals surface area contributed by atoms with E-state index in [1.165, 1.54) is 0 Å². The highest BCUT2D eigenvalue weighted by Crippen LogP contribution is 2.37. The fourth-order valence-corrected chi connectivity index (χ4v) is 1.96. The normalized spacial score (nSPS) is 31.7. The third-order valence-electron chi connectivity index (χ3n) is 2.92. The molecule has 0 saturated heterocycles. The van der Waals surface area contributed by atoms with Crippen molar-refractivity contribution in [3.05, 3.63) is 0 Å². The van der Waals surface area contributed by atoms with Gasteiger partial charge >= 0.3 is 6.18 Å². The van der Waals surface area contributed by atoms with Crippen molar-refractivity contribution in [1.82, 2.24) is 0 Å². The van der Waals surface area contributed by atoms with E-state index in [1.54, 1.807) is 7.11 Å². The molecule has 16 heavy (non-hydrogen) atoms. The van der Waals surface area contributed by atoms with Crippen molar-refractivity contribution in [1.29, 1.82) is 0 Å². The van der Waals surface area contributed by atoms with Gasteiger partial charge in [-0.15, -0.1) is 0 Å². The summed E-state index contributed by atoms with van der Waals surface area (Å²) >= 11 is 0. The highest BCUT2D eigenvalue weighted by Gasteiger charge is 2.44. The van der Waals surface area contributed by atoms with Gasteiger partial charge in [0.05, 0.1) is 25.2 Å². The molecule has 1 saturated carbocycles. The zero-order valence-electron chi connectivity index (χ0n) is 9.30. The minimum absolute atomic E-state index is 0.0405. The van der Waals surface area contributed by atoms with Gasteiger partial charge in [-0.25, -0.2) is 0 Å². The van der Waals surface area contributed by atoms with Crippen LogP contribution in [0.3, 0.4) is 0 Å². The molecular weight excluding hydrogens is 223 g/mol. The Labute approximate surface area is 93.1 Å². The summed E-state index contributed by atoms with van der Waals surface area (Å²) in [4.78, 5) is 0. The molecule has 0 radical (unpaired) electrons. The summed E-state index contributed by atoms with van der Waals surface area (Å²) in [5.41, 5.74) is 5.68. The molecule has 0 aromatic heterocycles. The topological polar surface area (TPSA) is 44.5 Å². The van der Waals surface area contributed by atoms with Gasteiger partial charge in [-0.1, -0.05) is 0 Å². The summed E-state index contributed by atoms with van der Waals surface area (Å²) in [6, 6.07) is -0.530. The highest BCUT2D eigenvalue weighted by atomic mass is 19.4. The standard InChI is InChI=1S/C10H18F3NO2/c1-15-4-5-16-9-3-2-7(6-8(9)14)10(11,12)13/h7-9H,2-6,14H2,1H3/t7-,8-,9-/m0/s1. The molecular formula is C10H18F3NO2. The third kappa shape index (κ3) is 3.92. The zero-order valence-corrected chi connectivity index (χ0v) is 9.30. The van der Waals surface area contributed by atoms with Gasteiger partial charge < -0.3 is 15.2 Å². The van der Waals surface area contributed by atoms with E-state index in [-0.39, 0.29) is 18.9 Å². The number of hydrogen-bond donors (Lipinski definition) is 1. The van der Waals surface area contributed by atoms with Crippen LogP contribution in [0, 0.1) is 5.92 Å². The lowest BCUT2D eigenvalue weighted by atomic mass is 9.84. The number of halogens is 3. The van der Waals surface area contributed by atoms with E-state index in [9.17, 15) is 13.2 Å². The van der Waals surface area contributed by atoms with E-state index in [1.807, 2.05) is 0 Å². The van der Waals surface area contributed by atoms with Gasteiger partial charge in [0.25, 0.3) is 0 Å². The number of nitrogens with two attached hydrogens (primary N) is 1. The Morgan fingerprint density at radius 2 is 1.94 bits per heavy atom. The van der Waals surface area contributed by atoms with Crippen LogP contribution in [0.4, 0.5) is 13.2 Å². The van der Waals surface area contributed by atoms with Gasteiger partial charge in [0.2, 0.25) is 0 Å². The molecule has 0 aromatic rings. The van der Waals surface area contributed by atoms with Crippen molar-refractivity contribution in [3.8, 4) is 0 Å². The van der Waals surface area contributed by atoms with Gasteiger partial charge in [-0.05, 0) is 19.3 Å². The van der Waals surface area contributed by atoms with Gasteiger partial charge in [-0.2, -0.15) is 13.2 Å². The molecule has 0 heterocycles. The quantitative estimate of drug-likeness (QED) is 0.762. The lowest BCUT2D eigenvalue weighted by Gasteiger charge is -2.34. The van der Waals surface area contributed by atoms with Crippen molar-refractivity contribution in [3.63, 3.8) is 0 Å². The highest BCUT2D eigenvalue weighted by molar-refractivity contribution is 4.86. The van der Waals surface area contributed by atoms with Crippen LogP contribution in [-0.2, 0) is 9.47 Å². The first-order chi connectivity index (χ1) is 7.45. The summed E-state index contributed by atoms with van der Waals surface area (Å²) in [5, 5.41) is 0. The molecule has 0 spiro atoms.